The van der Waals surface area contributed by atoms with E-state index in [0.29, 0.717) is 14.6 Å². The molecule has 1 aromatic heterocycles. The van der Waals surface area contributed by atoms with Gasteiger partial charge in [-0.25, -0.2) is 4.39 Å². The van der Waals surface area contributed by atoms with Crippen LogP contribution in [0.15, 0.2) is 23.1 Å². The number of rotatable bonds is 0. The maximum absolute atomic E-state index is 13.1. The molecule has 2 aromatic rings. The van der Waals surface area contributed by atoms with E-state index >= 15 is 0 Å². The lowest BCUT2D eigenvalue weighted by Crippen LogP contribution is -1.77. The molecule has 0 unspecified atom stereocenters. The third-order valence-electron chi connectivity index (χ3n) is 1.67. The van der Waals surface area contributed by atoms with Crippen LogP contribution in [0.5, 0.6) is 0 Å². The molecule has 62 valence electrons. The number of halogens is 1. The molecule has 1 heterocycles. The predicted molar refractivity (Wildman–Crippen MR) is 53.4 cm³/mol. The fourth-order valence-corrected chi connectivity index (χ4v) is 2.36. The van der Waals surface area contributed by atoms with Crippen molar-refractivity contribution in [3.63, 3.8) is 0 Å². The van der Waals surface area contributed by atoms with Gasteiger partial charge in [0.25, 0.3) is 0 Å². The van der Waals surface area contributed by atoms with Crippen LogP contribution < -0.4 is 5.73 Å². The molecule has 0 radical (unpaired) electrons. The first-order valence-corrected chi connectivity index (χ1v) is 4.62. The van der Waals surface area contributed by atoms with Crippen LogP contribution in [0.1, 0.15) is 0 Å². The van der Waals surface area contributed by atoms with Crippen LogP contribution in [-0.4, -0.2) is 0 Å². The number of nitrogens with two attached hydrogens (primary N) is 1. The van der Waals surface area contributed by atoms with Crippen molar-refractivity contribution >= 4 is 39.1 Å². The third kappa shape index (κ3) is 0.990. The van der Waals surface area contributed by atoms with Gasteiger partial charge in [0.15, 0.2) is 0 Å². The van der Waals surface area contributed by atoms with Gasteiger partial charge < -0.3 is 5.73 Å². The van der Waals surface area contributed by atoms with Gasteiger partial charge in [0.05, 0.1) is 4.70 Å². The maximum atomic E-state index is 13.1. The van der Waals surface area contributed by atoms with Crippen LogP contribution in [-0.2, 0) is 0 Å². The fourth-order valence-electron chi connectivity index (χ4n) is 1.09. The zero-order valence-electron chi connectivity index (χ0n) is 6.04. The molecule has 0 atom stereocenters. The number of nitrogen functional groups attached to an aromatic ring is 1. The first-order valence-electron chi connectivity index (χ1n) is 3.35. The third-order valence-corrected chi connectivity index (χ3v) is 3.34. The predicted octanol–water partition coefficient (Wildman–Crippen LogP) is 2.91. The molecule has 0 aliphatic heterocycles. The molecular formula is C8H6FNS2. The average molecular weight is 199 g/mol. The molecule has 0 spiro atoms. The lowest BCUT2D eigenvalue weighted by Gasteiger charge is -1.90. The molecule has 0 amide bonds. The molecule has 1 aromatic carbocycles. The summed E-state index contributed by atoms with van der Waals surface area (Å²) >= 11 is 5.41. The van der Waals surface area contributed by atoms with Crippen LogP contribution in [0.2, 0.25) is 0 Å². The largest absolute Gasteiger partial charge is 0.390 e. The molecule has 2 rings (SSSR count). The van der Waals surface area contributed by atoms with Crippen molar-refractivity contribution in [2.75, 3.05) is 5.73 Å². The summed E-state index contributed by atoms with van der Waals surface area (Å²) in [5.41, 5.74) is 5.60. The van der Waals surface area contributed by atoms with E-state index in [1.165, 1.54) is 17.4 Å². The molecule has 1 nitrogen and oxygen atoms in total. The first kappa shape index (κ1) is 7.89. The summed E-state index contributed by atoms with van der Waals surface area (Å²) in [5, 5.41) is 1.36. The summed E-state index contributed by atoms with van der Waals surface area (Å²) in [6.07, 6.45) is 0. The van der Waals surface area contributed by atoms with Gasteiger partial charge in [-0.05, 0) is 6.07 Å². The van der Waals surface area contributed by atoms with Crippen molar-refractivity contribution in [3.05, 3.63) is 24.0 Å². The Morgan fingerprint density at radius 3 is 2.83 bits per heavy atom. The highest BCUT2D eigenvalue weighted by Crippen LogP contribution is 2.37. The Labute approximate surface area is 78.4 Å². The van der Waals surface area contributed by atoms with E-state index in [1.807, 2.05) is 6.07 Å². The van der Waals surface area contributed by atoms with Crippen molar-refractivity contribution in [1.82, 2.24) is 0 Å². The first-order chi connectivity index (χ1) is 5.70. The highest BCUT2D eigenvalue weighted by atomic mass is 32.1. The minimum atomic E-state index is -0.232. The summed E-state index contributed by atoms with van der Waals surface area (Å²) < 4.78 is 13.7. The summed E-state index contributed by atoms with van der Waals surface area (Å²) in [5.74, 6) is -0.232. The van der Waals surface area contributed by atoms with Crippen molar-refractivity contribution in [3.8, 4) is 0 Å². The SMILES string of the molecule is Nc1sc2c(F)cccc2c1S. The Morgan fingerprint density at radius 1 is 1.42 bits per heavy atom. The molecule has 0 saturated heterocycles. The Balaban J connectivity index is 2.95. The Bertz CT molecular complexity index is 436. The summed E-state index contributed by atoms with van der Waals surface area (Å²) in [6.45, 7) is 0. The second-order valence-corrected chi connectivity index (χ2v) is 3.93. The van der Waals surface area contributed by atoms with Gasteiger partial charge in [-0.1, -0.05) is 12.1 Å². The van der Waals surface area contributed by atoms with Crippen LogP contribution in [0.3, 0.4) is 0 Å². The highest BCUT2D eigenvalue weighted by molar-refractivity contribution is 7.81. The van der Waals surface area contributed by atoms with Crippen LogP contribution in [0.25, 0.3) is 10.1 Å². The molecule has 2 N–H and O–H groups in total. The van der Waals surface area contributed by atoms with E-state index in [-0.39, 0.29) is 5.82 Å². The number of anilines is 1. The van der Waals surface area contributed by atoms with Crippen molar-refractivity contribution < 1.29 is 4.39 Å². The van der Waals surface area contributed by atoms with Crippen LogP contribution >= 0.6 is 24.0 Å². The Kier molecular flexibility index (Phi) is 1.73. The van der Waals surface area contributed by atoms with E-state index in [1.54, 1.807) is 6.07 Å². The van der Waals surface area contributed by atoms with Gasteiger partial charge in [-0.15, -0.1) is 24.0 Å². The summed E-state index contributed by atoms with van der Waals surface area (Å²) in [4.78, 5) is 0.675. The number of benzene rings is 1. The Hall–Kier alpha value is -0.740. The van der Waals surface area contributed by atoms with Gasteiger partial charge in [0, 0.05) is 10.3 Å². The molecular weight excluding hydrogens is 193 g/mol. The van der Waals surface area contributed by atoms with Gasteiger partial charge in [0.2, 0.25) is 0 Å². The van der Waals surface area contributed by atoms with Gasteiger partial charge in [0.1, 0.15) is 10.8 Å². The lowest BCUT2D eigenvalue weighted by molar-refractivity contribution is 0.641. The fraction of sp³-hybridized carbons (Fsp3) is 0. The zero-order chi connectivity index (χ0) is 8.72. The number of thiophene rings is 1. The van der Waals surface area contributed by atoms with E-state index in [2.05, 4.69) is 12.6 Å². The summed E-state index contributed by atoms with van der Waals surface area (Å²) in [6, 6.07) is 4.89. The minimum absolute atomic E-state index is 0.232. The van der Waals surface area contributed by atoms with Gasteiger partial charge in [-0.3, -0.25) is 0 Å². The molecule has 0 aliphatic rings. The van der Waals surface area contributed by atoms with Crippen LogP contribution in [0, 0.1) is 5.82 Å². The topological polar surface area (TPSA) is 26.0 Å². The Morgan fingerprint density at radius 2 is 2.17 bits per heavy atom. The van der Waals surface area contributed by atoms with E-state index in [4.69, 9.17) is 5.73 Å². The summed E-state index contributed by atoms with van der Waals surface area (Å²) in [7, 11) is 0. The smallest absolute Gasteiger partial charge is 0.141 e. The van der Waals surface area contributed by atoms with E-state index in [9.17, 15) is 4.39 Å². The van der Waals surface area contributed by atoms with Gasteiger partial charge >= 0.3 is 0 Å². The van der Waals surface area contributed by atoms with Crippen molar-refractivity contribution in [1.29, 1.82) is 0 Å². The standard InChI is InChI=1S/C8H6FNS2/c9-5-3-1-2-4-6(11)8(10)12-7(4)5/h1-3,11H,10H2. The normalized spacial score (nSPS) is 10.8. The van der Waals surface area contributed by atoms with E-state index in [0.717, 1.165) is 5.39 Å². The van der Waals surface area contributed by atoms with Crippen LogP contribution in [0.4, 0.5) is 9.39 Å². The second kappa shape index (κ2) is 2.64. The van der Waals surface area contributed by atoms with Crippen molar-refractivity contribution in [2.24, 2.45) is 0 Å². The minimum Gasteiger partial charge on any atom is -0.390 e. The zero-order valence-corrected chi connectivity index (χ0v) is 7.75. The molecule has 12 heavy (non-hydrogen) atoms. The van der Waals surface area contributed by atoms with Gasteiger partial charge in [-0.2, -0.15) is 0 Å². The maximum Gasteiger partial charge on any atom is 0.141 e. The van der Waals surface area contributed by atoms with E-state index < -0.39 is 0 Å². The number of hydrogen-bond donors (Lipinski definition) is 2. The second-order valence-electron chi connectivity index (χ2n) is 2.43. The lowest BCUT2D eigenvalue weighted by atomic mass is 10.2. The molecule has 0 aliphatic carbocycles. The average Bonchev–Trinajstić information content (AvgIpc) is 2.32. The monoisotopic (exact) mass is 199 g/mol. The molecule has 4 heteroatoms. The molecule has 0 saturated carbocycles. The number of hydrogen-bond acceptors (Lipinski definition) is 3. The highest BCUT2D eigenvalue weighted by Gasteiger charge is 2.08. The molecule has 0 fully saturated rings. The van der Waals surface area contributed by atoms with Crippen molar-refractivity contribution in [2.45, 2.75) is 4.90 Å². The number of fused-ring (bicyclic) bond motifs is 1. The molecule has 0 bridgehead atoms. The quantitative estimate of drug-likeness (QED) is 0.627. The number of thiol groups is 1.